The van der Waals surface area contributed by atoms with Gasteiger partial charge in [-0.15, -0.1) is 0 Å². The van der Waals surface area contributed by atoms with E-state index in [-0.39, 0.29) is 27.5 Å². The van der Waals surface area contributed by atoms with Crippen LogP contribution in [0.4, 0.5) is 0 Å². The van der Waals surface area contributed by atoms with Gasteiger partial charge in [0.05, 0.1) is 10.1 Å². The highest BCUT2D eigenvalue weighted by molar-refractivity contribution is 6.49. The summed E-state index contributed by atoms with van der Waals surface area (Å²) in [7, 11) is 0. The van der Waals surface area contributed by atoms with Gasteiger partial charge in [0, 0.05) is 0 Å². The Balaban J connectivity index is 3.11. The molecule has 6 heteroatoms. The van der Waals surface area contributed by atoms with E-state index >= 15 is 0 Å². The zero-order valence-electron chi connectivity index (χ0n) is 5.60. The van der Waals surface area contributed by atoms with E-state index in [1.807, 2.05) is 0 Å². The van der Waals surface area contributed by atoms with Crippen molar-refractivity contribution < 1.29 is 14.6 Å². The number of hydrogen-bond acceptors (Lipinski definition) is 2. The normalized spacial score (nSPS) is 17.9. The molecular weight excluding hydrogens is 226 g/mol. The summed E-state index contributed by atoms with van der Waals surface area (Å²) in [5, 5.41) is 8.59. The van der Waals surface area contributed by atoms with Gasteiger partial charge in [0.25, 0.3) is 0 Å². The standard InChI is InChI=1S/C6H3Cl3O3/c7-2-1-12-5(6(10)11)4(9)3(2)8/h1H2,(H,10,11). The number of halogens is 3. The summed E-state index contributed by atoms with van der Waals surface area (Å²) in [6.07, 6.45) is 0. The summed E-state index contributed by atoms with van der Waals surface area (Å²) in [4.78, 5) is 10.4. The molecule has 1 rings (SSSR count). The largest absolute Gasteiger partial charge is 0.480 e. The maximum atomic E-state index is 10.4. The van der Waals surface area contributed by atoms with Crippen LogP contribution in [0.2, 0.25) is 0 Å². The Kier molecular flexibility index (Phi) is 2.88. The lowest BCUT2D eigenvalue weighted by Crippen LogP contribution is -2.12. The van der Waals surface area contributed by atoms with Crippen molar-refractivity contribution in [3.63, 3.8) is 0 Å². The predicted octanol–water partition coefficient (Wildman–Crippen LogP) is 2.24. The third kappa shape index (κ3) is 1.68. The Labute approximate surface area is 83.2 Å². The number of hydrogen-bond donors (Lipinski definition) is 1. The zero-order chi connectivity index (χ0) is 9.30. The molecule has 0 fully saturated rings. The van der Waals surface area contributed by atoms with E-state index in [9.17, 15) is 4.79 Å². The van der Waals surface area contributed by atoms with Gasteiger partial charge in [-0.1, -0.05) is 34.8 Å². The third-order valence-electron chi connectivity index (χ3n) is 1.17. The highest BCUT2D eigenvalue weighted by atomic mass is 35.5. The average Bonchev–Trinajstić information content (AvgIpc) is 2.00. The molecule has 1 aliphatic rings. The summed E-state index contributed by atoms with van der Waals surface area (Å²) < 4.78 is 4.71. The van der Waals surface area contributed by atoms with Gasteiger partial charge in [0.1, 0.15) is 11.6 Å². The Bertz CT molecular complexity index is 292. The molecule has 1 N–H and O–H groups in total. The second-order valence-electron chi connectivity index (χ2n) is 1.96. The Morgan fingerprint density at radius 3 is 2.42 bits per heavy atom. The number of allylic oxidation sites excluding steroid dienone is 2. The van der Waals surface area contributed by atoms with E-state index in [2.05, 4.69) is 0 Å². The molecule has 0 unspecified atom stereocenters. The molecule has 0 bridgehead atoms. The van der Waals surface area contributed by atoms with Crippen molar-refractivity contribution in [3.05, 3.63) is 20.9 Å². The highest BCUT2D eigenvalue weighted by Crippen LogP contribution is 2.32. The topological polar surface area (TPSA) is 46.5 Å². The van der Waals surface area contributed by atoms with Crippen molar-refractivity contribution in [1.82, 2.24) is 0 Å². The number of carboxylic acids is 1. The monoisotopic (exact) mass is 228 g/mol. The van der Waals surface area contributed by atoms with Gasteiger partial charge in [-0.3, -0.25) is 0 Å². The van der Waals surface area contributed by atoms with Crippen LogP contribution in [0.25, 0.3) is 0 Å². The first-order valence-electron chi connectivity index (χ1n) is 2.84. The van der Waals surface area contributed by atoms with Gasteiger partial charge in [0.15, 0.2) is 0 Å². The maximum absolute atomic E-state index is 10.4. The molecule has 3 nitrogen and oxygen atoms in total. The van der Waals surface area contributed by atoms with E-state index in [0.717, 1.165) is 0 Å². The third-order valence-corrected chi connectivity index (χ3v) is 2.44. The molecule has 12 heavy (non-hydrogen) atoms. The molecule has 0 spiro atoms. The molecule has 0 atom stereocenters. The first-order valence-corrected chi connectivity index (χ1v) is 3.97. The minimum atomic E-state index is -1.26. The number of carbonyl (C=O) groups is 1. The molecular formula is C6H3Cl3O3. The van der Waals surface area contributed by atoms with Gasteiger partial charge in [0.2, 0.25) is 5.76 Å². The quantitative estimate of drug-likeness (QED) is 0.750. The van der Waals surface area contributed by atoms with E-state index < -0.39 is 5.97 Å². The summed E-state index contributed by atoms with van der Waals surface area (Å²) in [5.41, 5.74) is 0. The van der Waals surface area contributed by atoms with E-state index in [1.165, 1.54) is 0 Å². The molecule has 1 heterocycles. The van der Waals surface area contributed by atoms with E-state index in [1.54, 1.807) is 0 Å². The van der Waals surface area contributed by atoms with Crippen molar-refractivity contribution in [2.75, 3.05) is 6.61 Å². The van der Waals surface area contributed by atoms with Crippen LogP contribution >= 0.6 is 34.8 Å². The Morgan fingerprint density at radius 2 is 1.92 bits per heavy atom. The van der Waals surface area contributed by atoms with Crippen LogP contribution < -0.4 is 0 Å². The van der Waals surface area contributed by atoms with Crippen LogP contribution in [0.5, 0.6) is 0 Å². The molecule has 0 saturated carbocycles. The second-order valence-corrected chi connectivity index (χ2v) is 3.17. The summed E-state index contributed by atoms with van der Waals surface area (Å²) in [6.45, 7) is -0.0573. The zero-order valence-corrected chi connectivity index (χ0v) is 7.87. The predicted molar refractivity (Wildman–Crippen MR) is 45.2 cm³/mol. The number of ether oxygens (including phenoxy) is 1. The molecule has 66 valence electrons. The fourth-order valence-corrected chi connectivity index (χ4v) is 1.22. The van der Waals surface area contributed by atoms with Crippen LogP contribution in [0.15, 0.2) is 20.9 Å². The lowest BCUT2D eigenvalue weighted by atomic mass is 10.3. The first-order chi connectivity index (χ1) is 5.54. The van der Waals surface area contributed by atoms with Gasteiger partial charge >= 0.3 is 5.97 Å². The van der Waals surface area contributed by atoms with Crippen molar-refractivity contribution in [2.24, 2.45) is 0 Å². The maximum Gasteiger partial charge on any atom is 0.372 e. The first kappa shape index (κ1) is 9.71. The van der Waals surface area contributed by atoms with Gasteiger partial charge in [-0.05, 0) is 0 Å². The second kappa shape index (κ2) is 3.56. The molecule has 0 amide bonds. The molecule has 1 aliphatic heterocycles. The van der Waals surface area contributed by atoms with Crippen molar-refractivity contribution in [2.45, 2.75) is 0 Å². The Hall–Kier alpha value is -0.380. The minimum absolute atomic E-state index is 0.0296. The lowest BCUT2D eigenvalue weighted by molar-refractivity contribution is -0.136. The van der Waals surface area contributed by atoms with Crippen LogP contribution in [0.1, 0.15) is 0 Å². The van der Waals surface area contributed by atoms with Crippen molar-refractivity contribution >= 4 is 40.8 Å². The number of aliphatic carboxylic acids is 1. The van der Waals surface area contributed by atoms with Crippen LogP contribution in [-0.4, -0.2) is 17.7 Å². The summed E-state index contributed by atoms with van der Waals surface area (Å²) >= 11 is 16.6. The number of carboxylic acid groups (broad SMARTS) is 1. The molecule has 0 aliphatic carbocycles. The average molecular weight is 229 g/mol. The molecule has 0 aromatic carbocycles. The highest BCUT2D eigenvalue weighted by Gasteiger charge is 2.24. The van der Waals surface area contributed by atoms with E-state index in [0.29, 0.717) is 0 Å². The van der Waals surface area contributed by atoms with Crippen LogP contribution in [0.3, 0.4) is 0 Å². The van der Waals surface area contributed by atoms with Gasteiger partial charge < -0.3 is 9.84 Å². The SMILES string of the molecule is O=C(O)C1=C(Cl)C(Cl)=C(Cl)CO1. The molecule has 0 radical (unpaired) electrons. The molecule has 0 saturated heterocycles. The molecule has 0 aromatic heterocycles. The minimum Gasteiger partial charge on any atom is -0.480 e. The van der Waals surface area contributed by atoms with Gasteiger partial charge in [-0.25, -0.2) is 4.79 Å². The smallest absolute Gasteiger partial charge is 0.372 e. The van der Waals surface area contributed by atoms with Crippen LogP contribution in [-0.2, 0) is 9.53 Å². The lowest BCUT2D eigenvalue weighted by Gasteiger charge is -2.14. The Morgan fingerprint density at radius 1 is 1.33 bits per heavy atom. The van der Waals surface area contributed by atoms with Crippen molar-refractivity contribution in [1.29, 1.82) is 0 Å². The van der Waals surface area contributed by atoms with Crippen molar-refractivity contribution in [3.8, 4) is 0 Å². The van der Waals surface area contributed by atoms with Crippen LogP contribution in [0, 0.1) is 0 Å². The number of rotatable bonds is 1. The fourth-order valence-electron chi connectivity index (χ4n) is 0.637. The van der Waals surface area contributed by atoms with Gasteiger partial charge in [-0.2, -0.15) is 0 Å². The summed E-state index contributed by atoms with van der Waals surface area (Å²) in [6, 6.07) is 0. The molecule has 0 aromatic rings. The summed E-state index contributed by atoms with van der Waals surface area (Å²) in [5.74, 6) is -1.63. The van der Waals surface area contributed by atoms with E-state index in [4.69, 9.17) is 44.6 Å². The fraction of sp³-hybridized carbons (Fsp3) is 0.167.